The second-order valence-electron chi connectivity index (χ2n) is 16.6. The molecule has 1 aliphatic heterocycles. The largest absolute Gasteiger partial charge is 0.309 e. The van der Waals surface area contributed by atoms with Crippen LogP contribution in [0.3, 0.4) is 0 Å². The number of para-hydroxylation sites is 4. The fourth-order valence-electron chi connectivity index (χ4n) is 11.3. The summed E-state index contributed by atoms with van der Waals surface area (Å²) in [5.41, 5.74) is 18.3. The third-order valence-corrected chi connectivity index (χ3v) is 13.5. The van der Waals surface area contributed by atoms with Gasteiger partial charge in [-0.3, -0.25) is 0 Å². The summed E-state index contributed by atoms with van der Waals surface area (Å²) in [6.45, 7) is 7.11. The van der Waals surface area contributed by atoms with Gasteiger partial charge in [0.05, 0.1) is 22.1 Å². The first kappa shape index (κ1) is 32.0. The Hall–Kier alpha value is -7.10. The quantitative estimate of drug-likeness (QED) is 0.126. The summed E-state index contributed by atoms with van der Waals surface area (Å²) in [6, 6.07) is 63.9. The van der Waals surface area contributed by atoms with E-state index in [1.807, 2.05) is 0 Å². The van der Waals surface area contributed by atoms with Crippen LogP contribution in [0.1, 0.15) is 16.7 Å². The minimum Gasteiger partial charge on any atom is -0.309 e. The summed E-state index contributed by atoms with van der Waals surface area (Å²) in [5, 5.41) is 13.1. The average Bonchev–Trinajstić information content (AvgIpc) is 3.88. The second kappa shape index (κ2) is 11.5. The zero-order valence-corrected chi connectivity index (χ0v) is 32.6. The van der Waals surface area contributed by atoms with Crippen molar-refractivity contribution < 1.29 is 0 Å². The van der Waals surface area contributed by atoms with E-state index in [9.17, 15) is 0 Å². The maximum Gasteiger partial charge on any atom is 0.243 e. The van der Waals surface area contributed by atoms with Crippen molar-refractivity contribution in [1.29, 1.82) is 0 Å². The molecule has 0 spiro atoms. The van der Waals surface area contributed by atoms with Gasteiger partial charge in [0.25, 0.3) is 0 Å². The summed E-state index contributed by atoms with van der Waals surface area (Å²) in [5.74, 6) is 0. The van der Waals surface area contributed by atoms with E-state index < -0.39 is 0 Å². The van der Waals surface area contributed by atoms with Crippen LogP contribution in [0.4, 0.5) is 0 Å². The van der Waals surface area contributed by atoms with Gasteiger partial charge in [-0.15, -0.1) is 0 Å². The van der Waals surface area contributed by atoms with Crippen molar-refractivity contribution in [2.75, 3.05) is 0 Å². The highest BCUT2D eigenvalue weighted by Gasteiger charge is 2.39. The third-order valence-electron chi connectivity index (χ3n) is 13.5. The zero-order valence-electron chi connectivity index (χ0n) is 32.6. The van der Waals surface area contributed by atoms with E-state index in [1.165, 1.54) is 132 Å². The lowest BCUT2D eigenvalue weighted by Crippen LogP contribution is -2.52. The van der Waals surface area contributed by atoms with Crippen LogP contribution in [0.5, 0.6) is 0 Å². The molecule has 0 aliphatic carbocycles. The van der Waals surface area contributed by atoms with Gasteiger partial charge in [0.1, 0.15) is 0 Å². The van der Waals surface area contributed by atoms with Crippen LogP contribution in [0, 0.1) is 20.8 Å². The summed E-state index contributed by atoms with van der Waals surface area (Å²) in [7, 11) is 0. The van der Waals surface area contributed by atoms with Crippen molar-refractivity contribution in [3.63, 3.8) is 0 Å². The van der Waals surface area contributed by atoms with Crippen LogP contribution < -0.4 is 16.4 Å². The van der Waals surface area contributed by atoms with Gasteiger partial charge in [0.2, 0.25) is 6.71 Å². The molecule has 0 fully saturated rings. The molecule has 58 heavy (non-hydrogen) atoms. The van der Waals surface area contributed by atoms with Gasteiger partial charge in [0, 0.05) is 32.9 Å². The van der Waals surface area contributed by atoms with E-state index in [4.69, 9.17) is 0 Å². The van der Waals surface area contributed by atoms with Crippen molar-refractivity contribution in [1.82, 2.24) is 9.13 Å². The van der Waals surface area contributed by atoms with Gasteiger partial charge in [-0.2, -0.15) is 0 Å². The van der Waals surface area contributed by atoms with E-state index in [2.05, 4.69) is 200 Å². The Bertz CT molecular complexity index is 3580. The Morgan fingerprint density at radius 3 is 1.34 bits per heavy atom. The molecule has 2 nitrogen and oxygen atoms in total. The first-order chi connectivity index (χ1) is 28.5. The maximum absolute atomic E-state index is 2.54. The number of fused-ring (bicyclic) bond motifs is 10. The highest BCUT2D eigenvalue weighted by Crippen LogP contribution is 2.42. The Kier molecular flexibility index (Phi) is 6.35. The monoisotopic (exact) mass is 736 g/mol. The van der Waals surface area contributed by atoms with Gasteiger partial charge in [0.15, 0.2) is 0 Å². The molecule has 13 rings (SSSR count). The van der Waals surface area contributed by atoms with E-state index >= 15 is 0 Å². The molecule has 0 bridgehead atoms. The lowest BCUT2D eigenvalue weighted by molar-refractivity contribution is 1.16. The van der Waals surface area contributed by atoms with Crippen molar-refractivity contribution in [2.45, 2.75) is 20.8 Å². The fraction of sp³-hybridized carbons (Fsp3) is 0.0545. The summed E-state index contributed by atoms with van der Waals surface area (Å²) < 4.78 is 4.94. The minimum atomic E-state index is 0.0892. The number of hydrogen-bond donors (Lipinski definition) is 0. The van der Waals surface area contributed by atoms with Crippen LogP contribution >= 0.6 is 0 Å². The Balaban J connectivity index is 1.11. The lowest BCUT2D eigenvalue weighted by atomic mass is 9.36. The van der Waals surface area contributed by atoms with Crippen LogP contribution in [0.15, 0.2) is 170 Å². The number of benzene rings is 10. The van der Waals surface area contributed by atoms with Crippen LogP contribution in [-0.2, 0) is 0 Å². The van der Waals surface area contributed by atoms with Gasteiger partial charge in [-0.25, -0.2) is 0 Å². The van der Waals surface area contributed by atoms with E-state index in [1.54, 1.807) is 0 Å². The summed E-state index contributed by atoms with van der Waals surface area (Å²) in [6.07, 6.45) is 0. The number of nitrogens with zero attached hydrogens (tertiary/aromatic N) is 2. The predicted octanol–water partition coefficient (Wildman–Crippen LogP) is 12.2. The van der Waals surface area contributed by atoms with Crippen molar-refractivity contribution in [3.8, 4) is 22.5 Å². The molecule has 0 saturated carbocycles. The molecule has 0 N–H and O–H groups in total. The SMILES string of the molecule is Cc1cc(-n2c3ccccc3c3ccccc32)cc(C)c1B1c2cc3ccc4cccc5ccc(c2-c2cc(-n6c7ccccc7c7ccccc76)cc(C)c21)c3c45. The second-order valence-corrected chi connectivity index (χ2v) is 16.6. The fourth-order valence-corrected chi connectivity index (χ4v) is 11.3. The topological polar surface area (TPSA) is 9.86 Å². The van der Waals surface area contributed by atoms with E-state index in [0.717, 1.165) is 0 Å². The molecule has 3 heteroatoms. The minimum absolute atomic E-state index is 0.0892. The molecule has 0 atom stereocenters. The maximum atomic E-state index is 2.54. The normalized spacial score (nSPS) is 12.7. The van der Waals surface area contributed by atoms with Crippen molar-refractivity contribution in [2.24, 2.45) is 0 Å². The Morgan fingerprint density at radius 1 is 0.362 bits per heavy atom. The number of aryl methyl sites for hydroxylation is 3. The van der Waals surface area contributed by atoms with Crippen LogP contribution in [0.2, 0.25) is 0 Å². The molecule has 0 amide bonds. The van der Waals surface area contributed by atoms with Crippen LogP contribution in [0.25, 0.3) is 98.4 Å². The first-order valence-corrected chi connectivity index (χ1v) is 20.5. The first-order valence-electron chi connectivity index (χ1n) is 20.5. The van der Waals surface area contributed by atoms with Gasteiger partial charge < -0.3 is 9.13 Å². The molecule has 0 radical (unpaired) electrons. The average molecular weight is 737 g/mol. The molecule has 3 heterocycles. The molecule has 2 aromatic heterocycles. The molecule has 270 valence electrons. The Labute approximate surface area is 336 Å². The van der Waals surface area contributed by atoms with Gasteiger partial charge in [-0.1, -0.05) is 154 Å². The summed E-state index contributed by atoms with van der Waals surface area (Å²) in [4.78, 5) is 0. The van der Waals surface area contributed by atoms with E-state index in [-0.39, 0.29) is 6.71 Å². The van der Waals surface area contributed by atoms with Gasteiger partial charge in [-0.05, 0) is 113 Å². The molecule has 12 aromatic rings. The molecular formula is C55H37BN2. The highest BCUT2D eigenvalue weighted by atomic mass is 15.0. The predicted molar refractivity (Wildman–Crippen MR) is 250 cm³/mol. The third kappa shape index (κ3) is 4.13. The number of hydrogen-bond acceptors (Lipinski definition) is 0. The van der Waals surface area contributed by atoms with E-state index in [0.29, 0.717) is 0 Å². The zero-order chi connectivity index (χ0) is 38.4. The molecular weight excluding hydrogens is 699 g/mol. The Morgan fingerprint density at radius 2 is 0.810 bits per heavy atom. The standard InChI is InChI=1S/C55H37BN2/c1-32-27-38(57-47-19-8-4-15-40(47)41-16-5-9-20-48(41)57)28-33(2)54(32)56-46-30-37-24-23-35-13-12-14-36-25-26-44(52(37)51(35)36)53(46)45-31-39(29-34(3)55(45)56)58-49-21-10-6-17-42(49)43-18-7-11-22-50(43)58/h4-31H,1-3H3. The van der Waals surface area contributed by atoms with Gasteiger partial charge >= 0.3 is 0 Å². The highest BCUT2D eigenvalue weighted by molar-refractivity contribution is 7.00. The van der Waals surface area contributed by atoms with Crippen molar-refractivity contribution >= 4 is 99.0 Å². The smallest absolute Gasteiger partial charge is 0.243 e. The molecule has 1 aliphatic rings. The lowest BCUT2D eigenvalue weighted by Gasteiger charge is -2.21. The molecule has 10 aromatic carbocycles. The molecule has 0 unspecified atom stereocenters. The molecule has 0 saturated heterocycles. The number of rotatable bonds is 3. The summed E-state index contributed by atoms with van der Waals surface area (Å²) >= 11 is 0. The van der Waals surface area contributed by atoms with Crippen LogP contribution in [-0.4, -0.2) is 15.8 Å². The number of aromatic nitrogens is 2. The van der Waals surface area contributed by atoms with Crippen molar-refractivity contribution in [3.05, 3.63) is 187 Å².